The highest BCUT2D eigenvalue weighted by Crippen LogP contribution is 2.44. The van der Waals surface area contributed by atoms with Gasteiger partial charge in [0.2, 0.25) is 10.0 Å². The molecule has 1 aliphatic rings. The molecule has 0 aliphatic carbocycles. The normalized spacial score (nSPS) is 18.6. The van der Waals surface area contributed by atoms with Crippen LogP contribution in [0.5, 0.6) is 5.75 Å². The average molecular weight is 542 g/mol. The first-order valence-electron chi connectivity index (χ1n) is 10.1. The number of nitrogens with one attached hydrogen (secondary N) is 1. The van der Waals surface area contributed by atoms with E-state index in [1.165, 1.54) is 47.0 Å². The highest BCUT2D eigenvalue weighted by atomic mass is 32.2. The molecule has 3 aromatic rings. The number of sulfonamides is 1. The fraction of sp³-hybridized carbons (Fsp3) is 0.333. The maximum atomic E-state index is 13.5. The third-order valence-corrected chi connectivity index (χ3v) is 11.0. The van der Waals surface area contributed by atoms with E-state index in [-0.39, 0.29) is 24.7 Å². The Balaban J connectivity index is 1.53. The van der Waals surface area contributed by atoms with Crippen molar-refractivity contribution in [1.82, 2.24) is 14.8 Å². The van der Waals surface area contributed by atoms with Gasteiger partial charge in [0, 0.05) is 6.54 Å². The Hall–Kier alpha value is -1.87. The second kappa shape index (κ2) is 10.4. The first kappa shape index (κ1) is 25.2. The smallest absolute Gasteiger partial charge is 0.266 e. The van der Waals surface area contributed by atoms with Crippen LogP contribution in [0.1, 0.15) is 5.01 Å². The van der Waals surface area contributed by atoms with Crippen LogP contribution < -0.4 is 10.2 Å². The molecule has 1 aromatic heterocycles. The molecule has 0 saturated carbocycles. The monoisotopic (exact) mass is 541 g/mol. The molecular weight excluding hydrogens is 519 g/mol. The summed E-state index contributed by atoms with van der Waals surface area (Å²) in [5, 5.41) is 10.1. The highest BCUT2D eigenvalue weighted by Gasteiger charge is 2.53. The SMILES string of the molecule is CSC1(SC)OCCN(S(=O)(=O)c2ccc(OCc3nc4ccccc4s3)cc2)[C@H]1C(=O)NO. The molecule has 9 nitrogen and oxygen atoms in total. The summed E-state index contributed by atoms with van der Waals surface area (Å²) in [5.74, 6) is -0.366. The van der Waals surface area contributed by atoms with Crippen molar-refractivity contribution in [2.75, 3.05) is 25.7 Å². The Bertz CT molecular complexity index is 1230. The molecule has 13 heteroatoms. The van der Waals surface area contributed by atoms with Gasteiger partial charge in [0.1, 0.15) is 17.4 Å². The summed E-state index contributed by atoms with van der Waals surface area (Å²) in [6.45, 7) is 0.343. The average Bonchev–Trinajstić information content (AvgIpc) is 3.29. The minimum atomic E-state index is -4.07. The lowest BCUT2D eigenvalue weighted by molar-refractivity contribution is -0.140. The second-order valence-electron chi connectivity index (χ2n) is 7.19. The Kier molecular flexibility index (Phi) is 7.72. The molecule has 0 radical (unpaired) electrons. The van der Waals surface area contributed by atoms with Crippen molar-refractivity contribution < 1.29 is 27.9 Å². The van der Waals surface area contributed by atoms with Crippen LogP contribution in [0, 0.1) is 0 Å². The van der Waals surface area contributed by atoms with Gasteiger partial charge in [-0.05, 0) is 48.9 Å². The molecule has 0 bridgehead atoms. The van der Waals surface area contributed by atoms with Crippen molar-refractivity contribution in [1.29, 1.82) is 0 Å². The van der Waals surface area contributed by atoms with Crippen LogP contribution in [0.4, 0.5) is 0 Å². The van der Waals surface area contributed by atoms with E-state index in [0.29, 0.717) is 5.75 Å². The van der Waals surface area contributed by atoms with Gasteiger partial charge in [0.25, 0.3) is 5.91 Å². The van der Waals surface area contributed by atoms with Gasteiger partial charge in [-0.25, -0.2) is 18.9 Å². The molecule has 1 fully saturated rings. The van der Waals surface area contributed by atoms with Crippen molar-refractivity contribution in [3.8, 4) is 5.75 Å². The van der Waals surface area contributed by atoms with Crippen molar-refractivity contribution in [3.05, 3.63) is 53.5 Å². The molecule has 2 aromatic carbocycles. The van der Waals surface area contributed by atoms with Gasteiger partial charge in [-0.15, -0.1) is 34.9 Å². The Morgan fingerprint density at radius 1 is 1.26 bits per heavy atom. The molecule has 4 rings (SSSR count). The van der Waals surface area contributed by atoms with E-state index in [4.69, 9.17) is 9.47 Å². The molecule has 34 heavy (non-hydrogen) atoms. The predicted octanol–water partition coefficient (Wildman–Crippen LogP) is 3.15. The van der Waals surface area contributed by atoms with Crippen LogP contribution in [0.3, 0.4) is 0 Å². The topological polar surface area (TPSA) is 118 Å². The summed E-state index contributed by atoms with van der Waals surface area (Å²) in [4.78, 5) is 17.1. The van der Waals surface area contributed by atoms with E-state index in [9.17, 15) is 18.4 Å². The van der Waals surface area contributed by atoms with Crippen molar-refractivity contribution in [2.45, 2.75) is 21.8 Å². The number of hydroxylamine groups is 1. The van der Waals surface area contributed by atoms with Gasteiger partial charge in [0.05, 0.1) is 21.7 Å². The van der Waals surface area contributed by atoms with E-state index in [2.05, 4.69) is 4.98 Å². The summed E-state index contributed by atoms with van der Waals surface area (Å²) in [5.41, 5.74) is 2.49. The molecule has 0 unspecified atom stereocenters. The van der Waals surface area contributed by atoms with Crippen LogP contribution in [-0.4, -0.2) is 64.8 Å². The quantitative estimate of drug-likeness (QED) is 0.252. The van der Waals surface area contributed by atoms with Gasteiger partial charge in [-0.2, -0.15) is 4.31 Å². The largest absolute Gasteiger partial charge is 0.486 e. The number of hydrogen-bond acceptors (Lipinski definition) is 10. The number of amides is 1. The first-order chi connectivity index (χ1) is 16.3. The van der Waals surface area contributed by atoms with Crippen LogP contribution in [0.2, 0.25) is 0 Å². The predicted molar refractivity (Wildman–Crippen MR) is 134 cm³/mol. The molecule has 2 heterocycles. The maximum Gasteiger partial charge on any atom is 0.266 e. The number of para-hydroxylation sites is 1. The fourth-order valence-electron chi connectivity index (χ4n) is 3.67. The molecule has 1 amide bonds. The summed E-state index contributed by atoms with van der Waals surface area (Å²) >= 11 is 3.95. The maximum absolute atomic E-state index is 13.5. The number of carbonyl (C=O) groups excluding carboxylic acids is 1. The standard InChI is InChI=1S/C21H23N3O6S4/c1-31-21(32-2)19(20(25)23-26)24(11-12-30-21)34(27,28)15-9-7-14(8-10-15)29-13-18-22-16-5-3-4-6-17(16)33-18/h3-10,19,26H,11-13H2,1-2H3,(H,23,25)/t19-/m0/s1. The first-order valence-corrected chi connectivity index (χ1v) is 14.8. The van der Waals surface area contributed by atoms with Crippen molar-refractivity contribution >= 4 is 61.0 Å². The van der Waals surface area contributed by atoms with E-state index < -0.39 is 26.2 Å². The molecule has 1 saturated heterocycles. The number of hydrogen-bond donors (Lipinski definition) is 2. The Morgan fingerprint density at radius 2 is 1.97 bits per heavy atom. The zero-order valence-corrected chi connectivity index (χ0v) is 21.6. The van der Waals surface area contributed by atoms with Crippen LogP contribution in [-0.2, 0) is 26.2 Å². The number of rotatable bonds is 8. The number of fused-ring (bicyclic) bond motifs is 1. The van der Waals surface area contributed by atoms with Gasteiger partial charge in [-0.1, -0.05) is 12.1 Å². The van der Waals surface area contributed by atoms with Crippen molar-refractivity contribution in [3.63, 3.8) is 0 Å². The zero-order valence-electron chi connectivity index (χ0n) is 18.3. The third kappa shape index (κ3) is 4.78. The number of thioether (sulfide) groups is 2. The Labute approximate surface area is 209 Å². The number of aromatic nitrogens is 1. The van der Waals surface area contributed by atoms with Gasteiger partial charge >= 0.3 is 0 Å². The van der Waals surface area contributed by atoms with Gasteiger partial charge < -0.3 is 9.47 Å². The van der Waals surface area contributed by atoms with E-state index in [1.807, 2.05) is 24.3 Å². The molecule has 0 spiro atoms. The summed E-state index contributed by atoms with van der Waals surface area (Å²) in [6, 6.07) is 12.6. The number of morpholine rings is 1. The fourth-order valence-corrected chi connectivity index (χ4v) is 8.25. The second-order valence-corrected chi connectivity index (χ2v) is 12.5. The number of thiazole rings is 1. The molecular formula is C21H23N3O6S4. The van der Waals surface area contributed by atoms with Crippen LogP contribution in [0.25, 0.3) is 10.2 Å². The Morgan fingerprint density at radius 3 is 2.62 bits per heavy atom. The lowest BCUT2D eigenvalue weighted by atomic mass is 10.2. The summed E-state index contributed by atoms with van der Waals surface area (Å²) in [7, 11) is -4.07. The van der Waals surface area contributed by atoms with E-state index in [1.54, 1.807) is 30.1 Å². The third-order valence-electron chi connectivity index (χ3n) is 5.30. The molecule has 1 aliphatic heterocycles. The number of carbonyl (C=O) groups is 1. The van der Waals surface area contributed by atoms with Crippen LogP contribution in [0.15, 0.2) is 53.4 Å². The van der Waals surface area contributed by atoms with Crippen LogP contribution >= 0.6 is 34.9 Å². The molecule has 1 atom stereocenters. The number of ether oxygens (including phenoxy) is 2. The zero-order chi connectivity index (χ0) is 24.3. The van der Waals surface area contributed by atoms with E-state index >= 15 is 0 Å². The van der Waals surface area contributed by atoms with Gasteiger partial charge in [-0.3, -0.25) is 10.0 Å². The van der Waals surface area contributed by atoms with Gasteiger partial charge in [0.15, 0.2) is 10.3 Å². The summed E-state index contributed by atoms with van der Waals surface area (Å²) < 4.78 is 39.5. The molecule has 2 N–H and O–H groups in total. The number of benzene rings is 2. The highest BCUT2D eigenvalue weighted by molar-refractivity contribution is 8.17. The lowest BCUT2D eigenvalue weighted by Crippen LogP contribution is -2.63. The number of nitrogens with zero attached hydrogens (tertiary/aromatic N) is 2. The van der Waals surface area contributed by atoms with E-state index in [0.717, 1.165) is 19.5 Å². The lowest BCUT2D eigenvalue weighted by Gasteiger charge is -2.45. The summed E-state index contributed by atoms with van der Waals surface area (Å²) in [6.07, 6.45) is 3.45. The van der Waals surface area contributed by atoms with Crippen molar-refractivity contribution in [2.24, 2.45) is 0 Å². The molecule has 182 valence electrons. The minimum absolute atomic E-state index is 0.00795. The minimum Gasteiger partial charge on any atom is -0.486 e.